The molecule has 0 bridgehead atoms. The maximum absolute atomic E-state index is 13.0. The molecule has 0 radical (unpaired) electrons. The van der Waals surface area contributed by atoms with Crippen LogP contribution < -0.4 is 0 Å². The van der Waals surface area contributed by atoms with Gasteiger partial charge in [0.05, 0.1) is 5.92 Å². The second-order valence-corrected chi connectivity index (χ2v) is 9.06. The Bertz CT molecular complexity index is 807. The van der Waals surface area contributed by atoms with Crippen molar-refractivity contribution in [1.29, 1.82) is 0 Å². The van der Waals surface area contributed by atoms with Gasteiger partial charge in [0.2, 0.25) is 21.8 Å². The molecule has 10 heteroatoms. The highest BCUT2D eigenvalue weighted by atomic mass is 32.2. The van der Waals surface area contributed by atoms with Gasteiger partial charge >= 0.3 is 0 Å². The molecule has 2 fully saturated rings. The number of hydrogen-bond acceptors (Lipinski definition) is 6. The fourth-order valence-corrected chi connectivity index (χ4v) is 5.65. The zero-order chi connectivity index (χ0) is 19.8. The van der Waals surface area contributed by atoms with E-state index in [9.17, 15) is 18.0 Å². The second-order valence-electron chi connectivity index (χ2n) is 7.19. The van der Waals surface area contributed by atoms with Crippen molar-refractivity contribution < 1.29 is 22.5 Å². The molecule has 3 heterocycles. The number of aryl methyl sites for hydroxylation is 2. The summed E-state index contributed by atoms with van der Waals surface area (Å²) in [6, 6.07) is 0. The third-order valence-electron chi connectivity index (χ3n) is 5.34. The van der Waals surface area contributed by atoms with Crippen LogP contribution in [0.25, 0.3) is 0 Å². The number of carbonyl (C=O) groups is 2. The third-order valence-corrected chi connectivity index (χ3v) is 7.45. The lowest BCUT2D eigenvalue weighted by molar-refractivity contribution is -0.142. The van der Waals surface area contributed by atoms with Crippen LogP contribution in [0.4, 0.5) is 0 Å². The van der Waals surface area contributed by atoms with Crippen LogP contribution in [0.3, 0.4) is 0 Å². The topological polar surface area (TPSA) is 104 Å². The summed E-state index contributed by atoms with van der Waals surface area (Å²) in [5, 5.41) is 3.74. The largest absolute Gasteiger partial charge is 0.360 e. The number of amides is 2. The highest BCUT2D eigenvalue weighted by Crippen LogP contribution is 2.28. The summed E-state index contributed by atoms with van der Waals surface area (Å²) in [7, 11) is -3.74. The van der Waals surface area contributed by atoms with E-state index >= 15 is 0 Å². The molecule has 1 aromatic heterocycles. The summed E-state index contributed by atoms with van der Waals surface area (Å²) >= 11 is 0. The van der Waals surface area contributed by atoms with E-state index in [1.807, 2.05) is 0 Å². The van der Waals surface area contributed by atoms with Crippen molar-refractivity contribution >= 4 is 21.8 Å². The first-order valence-corrected chi connectivity index (χ1v) is 10.6. The van der Waals surface area contributed by atoms with Crippen LogP contribution in [-0.4, -0.2) is 78.8 Å². The molecule has 2 aliphatic heterocycles. The summed E-state index contributed by atoms with van der Waals surface area (Å²) in [5.74, 6) is -0.118. The number of piperidine rings is 1. The summed E-state index contributed by atoms with van der Waals surface area (Å²) in [5.41, 5.74) is 0.335. The Labute approximate surface area is 159 Å². The summed E-state index contributed by atoms with van der Waals surface area (Å²) in [6.45, 7) is 7.28. The van der Waals surface area contributed by atoms with Crippen LogP contribution in [0.5, 0.6) is 0 Å². The molecule has 2 aliphatic rings. The minimum Gasteiger partial charge on any atom is -0.360 e. The van der Waals surface area contributed by atoms with E-state index in [1.165, 1.54) is 11.2 Å². The molecular formula is C17H26N4O5S. The van der Waals surface area contributed by atoms with Gasteiger partial charge in [0.1, 0.15) is 10.6 Å². The van der Waals surface area contributed by atoms with Gasteiger partial charge in [-0.25, -0.2) is 8.42 Å². The minimum atomic E-state index is -3.74. The van der Waals surface area contributed by atoms with Crippen LogP contribution in [-0.2, 0) is 19.6 Å². The van der Waals surface area contributed by atoms with Gasteiger partial charge in [0.25, 0.3) is 0 Å². The van der Waals surface area contributed by atoms with Crippen molar-refractivity contribution in [1.82, 2.24) is 19.3 Å². The smallest absolute Gasteiger partial charge is 0.248 e. The van der Waals surface area contributed by atoms with Crippen molar-refractivity contribution in [2.24, 2.45) is 5.92 Å². The zero-order valence-corrected chi connectivity index (χ0v) is 16.8. The molecule has 150 valence electrons. The van der Waals surface area contributed by atoms with Crippen LogP contribution in [0.15, 0.2) is 9.42 Å². The summed E-state index contributed by atoms with van der Waals surface area (Å²) in [6.07, 6.45) is 1.30. The molecule has 1 atom stereocenters. The highest BCUT2D eigenvalue weighted by molar-refractivity contribution is 7.89. The maximum Gasteiger partial charge on any atom is 0.248 e. The second kappa shape index (κ2) is 7.59. The van der Waals surface area contributed by atoms with Crippen molar-refractivity contribution in [2.75, 3.05) is 39.3 Å². The Balaban J connectivity index is 1.69. The fraction of sp³-hybridized carbons (Fsp3) is 0.706. The molecular weight excluding hydrogens is 372 g/mol. The number of sulfonamides is 1. The molecule has 9 nitrogen and oxygen atoms in total. The van der Waals surface area contributed by atoms with E-state index in [0.29, 0.717) is 51.3 Å². The average Bonchev–Trinajstić information content (AvgIpc) is 3.00. The first kappa shape index (κ1) is 19.8. The Morgan fingerprint density at radius 2 is 1.70 bits per heavy atom. The molecule has 2 amide bonds. The van der Waals surface area contributed by atoms with Gasteiger partial charge in [-0.3, -0.25) is 9.59 Å². The SMILES string of the molecule is CC(=O)N1CCN(C(=O)C2CCCN(S(=O)(=O)c3c(C)noc3C)C2)CC1. The molecule has 1 aromatic rings. The van der Waals surface area contributed by atoms with Gasteiger partial charge in [-0.2, -0.15) is 4.31 Å². The predicted octanol–water partition coefficient (Wildman–Crippen LogP) is 0.383. The van der Waals surface area contributed by atoms with E-state index in [2.05, 4.69) is 5.16 Å². The van der Waals surface area contributed by atoms with Gasteiger partial charge in [-0.05, 0) is 26.7 Å². The molecule has 27 heavy (non-hydrogen) atoms. The number of carbonyl (C=O) groups excluding carboxylic acids is 2. The standard InChI is InChI=1S/C17H26N4O5S/c1-12-16(13(2)26-18-12)27(24,25)21-6-4-5-15(11-21)17(23)20-9-7-19(8-10-20)14(3)22/h15H,4-11H2,1-3H3. The fourth-order valence-electron chi connectivity index (χ4n) is 3.83. The summed E-state index contributed by atoms with van der Waals surface area (Å²) in [4.78, 5) is 27.9. The lowest BCUT2D eigenvalue weighted by atomic mass is 9.98. The van der Waals surface area contributed by atoms with Crippen molar-refractivity contribution in [2.45, 2.75) is 38.5 Å². The Morgan fingerprint density at radius 3 is 2.26 bits per heavy atom. The van der Waals surface area contributed by atoms with Gasteiger partial charge in [0.15, 0.2) is 5.76 Å². The quantitative estimate of drug-likeness (QED) is 0.729. The first-order valence-electron chi connectivity index (χ1n) is 9.19. The Kier molecular flexibility index (Phi) is 5.57. The number of aromatic nitrogens is 1. The van der Waals surface area contributed by atoms with E-state index in [0.717, 1.165) is 0 Å². The van der Waals surface area contributed by atoms with Crippen LogP contribution >= 0.6 is 0 Å². The minimum absolute atomic E-state index is 0.0106. The number of nitrogens with zero attached hydrogens (tertiary/aromatic N) is 4. The van der Waals surface area contributed by atoms with Crippen LogP contribution in [0, 0.1) is 19.8 Å². The monoisotopic (exact) mass is 398 g/mol. The number of hydrogen-bond donors (Lipinski definition) is 0. The van der Waals surface area contributed by atoms with Crippen LogP contribution in [0.1, 0.15) is 31.2 Å². The predicted molar refractivity (Wildman–Crippen MR) is 96.3 cm³/mol. The van der Waals surface area contributed by atoms with Crippen molar-refractivity contribution in [3.8, 4) is 0 Å². The molecule has 1 unspecified atom stereocenters. The normalized spacial score (nSPS) is 22.1. The highest BCUT2D eigenvalue weighted by Gasteiger charge is 2.38. The number of rotatable bonds is 3. The van der Waals surface area contributed by atoms with E-state index < -0.39 is 10.0 Å². The zero-order valence-electron chi connectivity index (χ0n) is 16.0. The maximum atomic E-state index is 13.0. The average molecular weight is 398 g/mol. The molecule has 0 saturated carbocycles. The lowest BCUT2D eigenvalue weighted by Gasteiger charge is -2.38. The first-order chi connectivity index (χ1) is 12.7. The third kappa shape index (κ3) is 3.86. The molecule has 0 N–H and O–H groups in total. The molecule has 0 aliphatic carbocycles. The molecule has 2 saturated heterocycles. The summed E-state index contributed by atoms with van der Waals surface area (Å²) < 4.78 is 32.4. The van der Waals surface area contributed by atoms with E-state index in [-0.39, 0.29) is 34.9 Å². The van der Waals surface area contributed by atoms with Gasteiger partial charge in [-0.15, -0.1) is 0 Å². The van der Waals surface area contributed by atoms with E-state index in [4.69, 9.17) is 4.52 Å². The van der Waals surface area contributed by atoms with Gasteiger partial charge < -0.3 is 14.3 Å². The lowest BCUT2D eigenvalue weighted by Crippen LogP contribution is -2.53. The van der Waals surface area contributed by atoms with E-state index in [1.54, 1.807) is 23.6 Å². The van der Waals surface area contributed by atoms with Gasteiger partial charge in [0, 0.05) is 46.2 Å². The molecule has 0 aromatic carbocycles. The number of piperazine rings is 1. The van der Waals surface area contributed by atoms with Crippen molar-refractivity contribution in [3.63, 3.8) is 0 Å². The van der Waals surface area contributed by atoms with Crippen LogP contribution in [0.2, 0.25) is 0 Å². The Morgan fingerprint density at radius 1 is 1.07 bits per heavy atom. The van der Waals surface area contributed by atoms with Crippen molar-refractivity contribution in [3.05, 3.63) is 11.5 Å². The molecule has 3 rings (SSSR count). The molecule has 0 spiro atoms. The van der Waals surface area contributed by atoms with Gasteiger partial charge in [-0.1, -0.05) is 5.16 Å². The Hall–Kier alpha value is -1.94.